The number of hydrogen-bond donors (Lipinski definition) is 0. The van der Waals surface area contributed by atoms with Crippen LogP contribution >= 0.6 is 0 Å². The number of carbonyl (C=O) groups excluding carboxylic acids is 1. The van der Waals surface area contributed by atoms with E-state index < -0.39 is 0 Å². The first-order valence-electron chi connectivity index (χ1n) is 10.0. The number of nitrogens with zero attached hydrogens (tertiary/aromatic N) is 4. The molecule has 150 valence electrons. The lowest BCUT2D eigenvalue weighted by Gasteiger charge is -2.31. The van der Waals surface area contributed by atoms with E-state index in [0.29, 0.717) is 25.6 Å². The molecule has 0 spiro atoms. The van der Waals surface area contributed by atoms with Gasteiger partial charge in [0.25, 0.3) is 0 Å². The summed E-state index contributed by atoms with van der Waals surface area (Å²) in [6.07, 6.45) is 4.83. The van der Waals surface area contributed by atoms with Crippen molar-refractivity contribution in [3.63, 3.8) is 0 Å². The summed E-state index contributed by atoms with van der Waals surface area (Å²) in [5.74, 6) is 1.42. The second-order valence-electron chi connectivity index (χ2n) is 7.96. The van der Waals surface area contributed by atoms with Gasteiger partial charge in [-0.15, -0.1) is 0 Å². The van der Waals surface area contributed by atoms with E-state index >= 15 is 0 Å². The first kappa shape index (κ1) is 19.1. The maximum absolute atomic E-state index is 13.0. The number of amides is 1. The number of rotatable bonds is 5. The molecule has 2 fully saturated rings. The van der Waals surface area contributed by atoms with E-state index in [1.54, 1.807) is 6.20 Å². The van der Waals surface area contributed by atoms with E-state index in [9.17, 15) is 4.79 Å². The number of hydrogen-bond acceptors (Lipinski definition) is 6. The Bertz CT molecular complexity index is 788. The molecular weight excluding hydrogens is 356 g/mol. The molecule has 2 aliphatic heterocycles. The number of carbonyl (C=O) groups is 1. The van der Waals surface area contributed by atoms with E-state index in [1.165, 1.54) is 0 Å². The molecule has 2 aromatic rings. The molecule has 0 aliphatic carbocycles. The van der Waals surface area contributed by atoms with Gasteiger partial charge in [0, 0.05) is 56.5 Å². The highest BCUT2D eigenvalue weighted by Crippen LogP contribution is 2.24. The fourth-order valence-electron chi connectivity index (χ4n) is 4.27. The summed E-state index contributed by atoms with van der Waals surface area (Å²) in [7, 11) is 0. The van der Waals surface area contributed by atoms with Crippen molar-refractivity contribution in [3.05, 3.63) is 47.1 Å². The van der Waals surface area contributed by atoms with Crippen LogP contribution in [0.1, 0.15) is 29.0 Å². The van der Waals surface area contributed by atoms with E-state index in [-0.39, 0.29) is 11.9 Å². The van der Waals surface area contributed by atoms with E-state index in [4.69, 9.17) is 9.26 Å². The van der Waals surface area contributed by atoms with Crippen LogP contribution in [0.3, 0.4) is 0 Å². The molecule has 1 amide bonds. The summed E-state index contributed by atoms with van der Waals surface area (Å²) < 4.78 is 11.2. The lowest BCUT2D eigenvalue weighted by atomic mass is 10.1. The van der Waals surface area contributed by atoms with Crippen LogP contribution < -0.4 is 0 Å². The molecule has 0 unspecified atom stereocenters. The summed E-state index contributed by atoms with van der Waals surface area (Å²) in [6.45, 7) is 8.59. The summed E-state index contributed by atoms with van der Waals surface area (Å²) in [5, 5.41) is 4.08. The Balaban J connectivity index is 1.43. The Morgan fingerprint density at radius 2 is 2.14 bits per heavy atom. The minimum absolute atomic E-state index is 0.0920. The number of pyridine rings is 1. The lowest BCUT2D eigenvalue weighted by Crippen LogP contribution is -2.46. The zero-order chi connectivity index (χ0) is 19.5. The zero-order valence-corrected chi connectivity index (χ0v) is 16.6. The number of ether oxygens (including phenoxy) is 1. The van der Waals surface area contributed by atoms with Crippen molar-refractivity contribution in [2.75, 3.05) is 32.8 Å². The van der Waals surface area contributed by atoms with Crippen LogP contribution in [0.15, 0.2) is 29.0 Å². The van der Waals surface area contributed by atoms with Gasteiger partial charge in [-0.05, 0) is 31.9 Å². The number of aromatic nitrogens is 2. The quantitative estimate of drug-likeness (QED) is 0.785. The van der Waals surface area contributed by atoms with Gasteiger partial charge in [0.2, 0.25) is 5.91 Å². The highest BCUT2D eigenvalue weighted by Gasteiger charge is 2.35. The van der Waals surface area contributed by atoms with Crippen molar-refractivity contribution in [1.82, 2.24) is 19.9 Å². The van der Waals surface area contributed by atoms with Crippen molar-refractivity contribution in [1.29, 1.82) is 0 Å². The minimum Gasteiger partial charge on any atom is -0.379 e. The van der Waals surface area contributed by atoms with Gasteiger partial charge < -0.3 is 14.2 Å². The van der Waals surface area contributed by atoms with Crippen LogP contribution in [0.2, 0.25) is 0 Å². The SMILES string of the molecule is Cc1noc(C)c1CN1C[C@@H]2COC[C@H](C1)N(C(=O)CCc1cccnc1)C2. The normalized spacial score (nSPS) is 22.9. The fraction of sp³-hybridized carbons (Fsp3) is 0.571. The molecule has 7 nitrogen and oxygen atoms in total. The second kappa shape index (κ2) is 8.41. The van der Waals surface area contributed by atoms with Crippen molar-refractivity contribution >= 4 is 5.91 Å². The van der Waals surface area contributed by atoms with Gasteiger partial charge in [-0.25, -0.2) is 0 Å². The molecule has 7 heteroatoms. The molecule has 2 saturated heterocycles. The summed E-state index contributed by atoms with van der Waals surface area (Å²) in [6, 6.07) is 4.03. The average molecular weight is 384 g/mol. The van der Waals surface area contributed by atoms with Gasteiger partial charge in [0.05, 0.1) is 24.9 Å². The second-order valence-corrected chi connectivity index (χ2v) is 7.96. The van der Waals surface area contributed by atoms with Crippen molar-refractivity contribution in [2.24, 2.45) is 5.92 Å². The largest absolute Gasteiger partial charge is 0.379 e. The van der Waals surface area contributed by atoms with E-state index in [0.717, 1.165) is 55.2 Å². The first-order valence-corrected chi connectivity index (χ1v) is 10.0. The van der Waals surface area contributed by atoms with Crippen LogP contribution in [-0.2, 0) is 22.5 Å². The molecule has 4 heterocycles. The Kier molecular flexibility index (Phi) is 5.73. The molecule has 4 rings (SSSR count). The van der Waals surface area contributed by atoms with E-state index in [1.807, 2.05) is 32.2 Å². The van der Waals surface area contributed by atoms with Crippen LogP contribution in [0.25, 0.3) is 0 Å². The smallest absolute Gasteiger partial charge is 0.223 e. The topological polar surface area (TPSA) is 71.7 Å². The molecule has 0 radical (unpaired) electrons. The minimum atomic E-state index is 0.0920. The monoisotopic (exact) mass is 384 g/mol. The third kappa shape index (κ3) is 4.25. The van der Waals surface area contributed by atoms with Crippen molar-refractivity contribution < 1.29 is 14.1 Å². The maximum atomic E-state index is 13.0. The lowest BCUT2D eigenvalue weighted by molar-refractivity contribution is -0.133. The average Bonchev–Trinajstić information content (AvgIpc) is 2.86. The van der Waals surface area contributed by atoms with Gasteiger partial charge in [-0.1, -0.05) is 11.2 Å². The Hall–Kier alpha value is -2.25. The maximum Gasteiger partial charge on any atom is 0.223 e. The van der Waals surface area contributed by atoms with Crippen LogP contribution in [-0.4, -0.2) is 64.7 Å². The molecule has 0 aromatic carbocycles. The molecule has 0 saturated carbocycles. The third-order valence-corrected chi connectivity index (χ3v) is 5.78. The molecule has 2 atom stereocenters. The Labute approximate surface area is 165 Å². The van der Waals surface area contributed by atoms with E-state index in [2.05, 4.69) is 19.9 Å². The van der Waals surface area contributed by atoms with Crippen LogP contribution in [0.4, 0.5) is 0 Å². The Morgan fingerprint density at radius 3 is 2.89 bits per heavy atom. The van der Waals surface area contributed by atoms with Crippen molar-refractivity contribution in [3.8, 4) is 0 Å². The van der Waals surface area contributed by atoms with Gasteiger partial charge >= 0.3 is 0 Å². The number of aryl methyl sites for hydroxylation is 3. The van der Waals surface area contributed by atoms with Crippen LogP contribution in [0.5, 0.6) is 0 Å². The summed E-state index contributed by atoms with van der Waals surface area (Å²) in [5.41, 5.74) is 3.22. The molecule has 2 aromatic heterocycles. The van der Waals surface area contributed by atoms with Crippen LogP contribution in [0, 0.1) is 19.8 Å². The summed E-state index contributed by atoms with van der Waals surface area (Å²) >= 11 is 0. The highest BCUT2D eigenvalue weighted by molar-refractivity contribution is 5.77. The molecular formula is C21H28N4O3. The third-order valence-electron chi connectivity index (χ3n) is 5.78. The molecule has 0 N–H and O–H groups in total. The van der Waals surface area contributed by atoms with Gasteiger partial charge in [-0.3, -0.25) is 14.7 Å². The van der Waals surface area contributed by atoms with Crippen molar-refractivity contribution in [2.45, 2.75) is 39.3 Å². The number of fused-ring (bicyclic) bond motifs is 3. The first-order chi connectivity index (χ1) is 13.6. The van der Waals surface area contributed by atoms with Gasteiger partial charge in [0.15, 0.2) is 0 Å². The predicted octanol–water partition coefficient (Wildman–Crippen LogP) is 1.98. The fourth-order valence-corrected chi connectivity index (χ4v) is 4.27. The zero-order valence-electron chi connectivity index (χ0n) is 16.6. The van der Waals surface area contributed by atoms with Gasteiger partial charge in [0.1, 0.15) is 5.76 Å². The highest BCUT2D eigenvalue weighted by atomic mass is 16.5. The Morgan fingerprint density at radius 1 is 1.25 bits per heavy atom. The summed E-state index contributed by atoms with van der Waals surface area (Å²) in [4.78, 5) is 21.6. The molecule has 2 aliphatic rings. The standard InChI is InChI=1S/C21H28N4O3/c1-15-20(16(2)28-23-15)12-24-9-18-10-25(19(11-24)14-27-13-18)21(26)6-5-17-4-3-7-22-8-17/h3-4,7-8,18-19H,5-6,9-14H2,1-2H3/t18-,19-/m0/s1. The molecule has 2 bridgehead atoms. The predicted molar refractivity (Wildman–Crippen MR) is 104 cm³/mol. The van der Waals surface area contributed by atoms with Gasteiger partial charge in [-0.2, -0.15) is 0 Å². The molecule has 28 heavy (non-hydrogen) atoms.